The number of methoxy groups -OCH3 is 2. The summed E-state index contributed by atoms with van der Waals surface area (Å²) in [5, 5.41) is 5.98. The molecule has 0 atom stereocenters. The fourth-order valence-electron chi connectivity index (χ4n) is 3.11. The molecular formula is C23H39N3O4. The third kappa shape index (κ3) is 10.5. The number of hydrogen-bond donors (Lipinski definition) is 2. The molecule has 0 aromatic carbocycles. The van der Waals surface area contributed by atoms with E-state index >= 15 is 0 Å². The number of hydrogen-bond acceptors (Lipinski definition) is 5. The lowest BCUT2D eigenvalue weighted by atomic mass is 10.1. The third-order valence-electron chi connectivity index (χ3n) is 4.49. The maximum absolute atomic E-state index is 12.5. The van der Waals surface area contributed by atoms with Crippen LogP contribution in [-0.2, 0) is 19.1 Å². The second-order valence-corrected chi connectivity index (χ2v) is 8.47. The lowest BCUT2D eigenvalue weighted by Crippen LogP contribution is -2.46. The van der Waals surface area contributed by atoms with E-state index in [2.05, 4.69) is 22.5 Å². The number of nitrogens with zero attached hydrogens (tertiary/aromatic N) is 1. The largest absolute Gasteiger partial charge is 0.501 e. The predicted molar refractivity (Wildman–Crippen MR) is 120 cm³/mol. The van der Waals surface area contributed by atoms with Gasteiger partial charge < -0.3 is 20.1 Å². The van der Waals surface area contributed by atoms with Crippen LogP contribution in [0.3, 0.4) is 0 Å². The fourth-order valence-corrected chi connectivity index (χ4v) is 3.11. The van der Waals surface area contributed by atoms with E-state index < -0.39 is 0 Å². The number of amides is 2. The summed E-state index contributed by atoms with van der Waals surface area (Å²) in [5.74, 6) is 1.27. The first kappa shape index (κ1) is 25.8. The summed E-state index contributed by atoms with van der Waals surface area (Å²) < 4.78 is 10.6. The van der Waals surface area contributed by atoms with E-state index in [1.807, 2.05) is 26.8 Å². The van der Waals surface area contributed by atoms with Gasteiger partial charge >= 0.3 is 0 Å². The van der Waals surface area contributed by atoms with Crippen molar-refractivity contribution in [2.45, 2.75) is 58.9 Å². The Morgan fingerprint density at radius 2 is 1.83 bits per heavy atom. The summed E-state index contributed by atoms with van der Waals surface area (Å²) in [7, 11) is 3.17. The molecule has 0 saturated carbocycles. The SMILES string of the molecule is CCCN(CCCCNC(=O)C1=CCC(OC)=CC(OC)=C1)CC(=O)NC(C)(C)C. The molecule has 2 N–H and O–H groups in total. The number of ether oxygens (including phenoxy) is 2. The third-order valence-corrected chi connectivity index (χ3v) is 4.49. The highest BCUT2D eigenvalue weighted by Gasteiger charge is 2.16. The van der Waals surface area contributed by atoms with Gasteiger partial charge in [0.15, 0.2) is 0 Å². The van der Waals surface area contributed by atoms with Crippen molar-refractivity contribution in [3.05, 3.63) is 35.3 Å². The minimum Gasteiger partial charge on any atom is -0.501 e. The van der Waals surface area contributed by atoms with Crippen LogP contribution in [0.25, 0.3) is 0 Å². The molecule has 7 nitrogen and oxygen atoms in total. The maximum Gasteiger partial charge on any atom is 0.251 e. The first-order chi connectivity index (χ1) is 14.2. The normalized spacial score (nSPS) is 14.3. The molecule has 7 heteroatoms. The van der Waals surface area contributed by atoms with Gasteiger partial charge in [-0.25, -0.2) is 0 Å². The minimum absolute atomic E-state index is 0.0503. The van der Waals surface area contributed by atoms with Crippen molar-refractivity contribution in [2.75, 3.05) is 40.4 Å². The Morgan fingerprint density at radius 3 is 2.43 bits per heavy atom. The Labute approximate surface area is 181 Å². The molecule has 0 radical (unpaired) electrons. The zero-order chi connectivity index (χ0) is 22.6. The van der Waals surface area contributed by atoms with Crippen LogP contribution in [0.5, 0.6) is 0 Å². The van der Waals surface area contributed by atoms with E-state index in [0.717, 1.165) is 38.1 Å². The Hall–Kier alpha value is -2.28. The molecule has 1 aliphatic carbocycles. The van der Waals surface area contributed by atoms with Crippen molar-refractivity contribution in [1.82, 2.24) is 15.5 Å². The number of unbranched alkanes of at least 4 members (excludes halogenated alkanes) is 1. The molecule has 0 aromatic heterocycles. The van der Waals surface area contributed by atoms with Gasteiger partial charge in [0.2, 0.25) is 5.91 Å². The Morgan fingerprint density at radius 1 is 1.10 bits per heavy atom. The average molecular weight is 422 g/mol. The van der Waals surface area contributed by atoms with Crippen LogP contribution in [0.4, 0.5) is 0 Å². The van der Waals surface area contributed by atoms with E-state index in [9.17, 15) is 9.59 Å². The van der Waals surface area contributed by atoms with Gasteiger partial charge in [0.05, 0.1) is 20.8 Å². The monoisotopic (exact) mass is 421 g/mol. The summed E-state index contributed by atoms with van der Waals surface area (Å²) in [6.45, 7) is 10.8. The summed E-state index contributed by atoms with van der Waals surface area (Å²) in [5.41, 5.74) is 0.351. The molecule has 0 heterocycles. The smallest absolute Gasteiger partial charge is 0.251 e. The van der Waals surface area contributed by atoms with Crippen molar-refractivity contribution in [2.24, 2.45) is 0 Å². The first-order valence-electron chi connectivity index (χ1n) is 10.7. The van der Waals surface area contributed by atoms with Gasteiger partial charge in [0.25, 0.3) is 5.91 Å². The van der Waals surface area contributed by atoms with Crippen LogP contribution in [-0.4, -0.2) is 62.7 Å². The van der Waals surface area contributed by atoms with Crippen LogP contribution >= 0.6 is 0 Å². The molecule has 0 saturated heterocycles. The average Bonchev–Trinajstić information content (AvgIpc) is 2.88. The van der Waals surface area contributed by atoms with Gasteiger partial charge in [0.1, 0.15) is 11.5 Å². The molecule has 1 aliphatic rings. The van der Waals surface area contributed by atoms with Gasteiger partial charge in [-0.15, -0.1) is 0 Å². The van der Waals surface area contributed by atoms with E-state index in [-0.39, 0.29) is 17.4 Å². The minimum atomic E-state index is -0.220. The molecule has 0 spiro atoms. The van der Waals surface area contributed by atoms with Crippen LogP contribution in [0.15, 0.2) is 35.3 Å². The second kappa shape index (κ2) is 13.1. The number of nitrogens with one attached hydrogen (secondary N) is 2. The molecule has 0 bridgehead atoms. The number of carbonyl (C=O) groups is 2. The molecular weight excluding hydrogens is 382 g/mol. The highest BCUT2D eigenvalue weighted by atomic mass is 16.5. The van der Waals surface area contributed by atoms with Crippen molar-refractivity contribution in [1.29, 1.82) is 0 Å². The highest BCUT2D eigenvalue weighted by molar-refractivity contribution is 5.96. The zero-order valence-electron chi connectivity index (χ0n) is 19.5. The quantitative estimate of drug-likeness (QED) is 0.474. The Balaban J connectivity index is 2.41. The Kier molecular flexibility index (Phi) is 11.3. The van der Waals surface area contributed by atoms with E-state index in [1.165, 1.54) is 0 Å². The van der Waals surface area contributed by atoms with E-state index in [1.54, 1.807) is 26.4 Å². The van der Waals surface area contributed by atoms with Gasteiger partial charge in [-0.05, 0) is 59.2 Å². The van der Waals surface area contributed by atoms with Gasteiger partial charge in [-0.1, -0.05) is 13.0 Å². The number of allylic oxidation sites excluding steroid dienone is 2. The van der Waals surface area contributed by atoms with Crippen molar-refractivity contribution >= 4 is 11.8 Å². The fraction of sp³-hybridized carbons (Fsp3) is 0.652. The zero-order valence-corrected chi connectivity index (χ0v) is 19.5. The van der Waals surface area contributed by atoms with Crippen LogP contribution in [0.1, 0.15) is 53.4 Å². The molecule has 1 rings (SSSR count). The standard InChI is InChI=1S/C23H39N3O4/c1-7-13-26(17-21(27)25-23(2,3)4)14-9-8-12-24-22(28)18-10-11-19(29-5)16-20(15-18)30-6/h10,15-16H,7-9,11-14,17H2,1-6H3,(H,24,28)(H,25,27). The molecule has 30 heavy (non-hydrogen) atoms. The van der Waals surface area contributed by atoms with Crippen molar-refractivity contribution in [3.63, 3.8) is 0 Å². The summed E-state index contributed by atoms with van der Waals surface area (Å²) >= 11 is 0. The van der Waals surface area contributed by atoms with Crippen LogP contribution in [0, 0.1) is 0 Å². The van der Waals surface area contributed by atoms with Gasteiger partial charge in [0, 0.05) is 30.2 Å². The molecule has 0 aromatic rings. The molecule has 0 fully saturated rings. The second-order valence-electron chi connectivity index (χ2n) is 8.47. The molecule has 0 aliphatic heterocycles. The topological polar surface area (TPSA) is 79.9 Å². The first-order valence-corrected chi connectivity index (χ1v) is 10.7. The molecule has 0 unspecified atom stereocenters. The summed E-state index contributed by atoms with van der Waals surface area (Å²) in [6.07, 6.45) is 8.66. The number of carbonyl (C=O) groups excluding carboxylic acids is 2. The summed E-state index contributed by atoms with van der Waals surface area (Å²) in [4.78, 5) is 26.8. The Bertz CT molecular complexity index is 660. The van der Waals surface area contributed by atoms with E-state index in [4.69, 9.17) is 9.47 Å². The lowest BCUT2D eigenvalue weighted by Gasteiger charge is -2.25. The van der Waals surface area contributed by atoms with Crippen LogP contribution < -0.4 is 10.6 Å². The van der Waals surface area contributed by atoms with Crippen LogP contribution in [0.2, 0.25) is 0 Å². The molecule has 170 valence electrons. The highest BCUT2D eigenvalue weighted by Crippen LogP contribution is 2.17. The number of rotatable bonds is 12. The molecule has 2 amide bonds. The lowest BCUT2D eigenvalue weighted by molar-refractivity contribution is -0.123. The van der Waals surface area contributed by atoms with E-state index in [0.29, 0.717) is 30.8 Å². The van der Waals surface area contributed by atoms with Gasteiger partial charge in [-0.2, -0.15) is 0 Å². The predicted octanol–water partition coefficient (Wildman–Crippen LogP) is 2.90. The summed E-state index contributed by atoms with van der Waals surface area (Å²) in [6, 6.07) is 0. The van der Waals surface area contributed by atoms with Crippen molar-refractivity contribution in [3.8, 4) is 0 Å². The van der Waals surface area contributed by atoms with Crippen molar-refractivity contribution < 1.29 is 19.1 Å². The maximum atomic E-state index is 12.5. The van der Waals surface area contributed by atoms with Gasteiger partial charge in [-0.3, -0.25) is 14.5 Å².